The molecule has 0 heterocycles. The number of hydrogen-bond donors (Lipinski definition) is 1. The van der Waals surface area contributed by atoms with Gasteiger partial charge in [-0.1, -0.05) is 54.1 Å². The number of fused-ring (bicyclic) bond motifs is 1. The van der Waals surface area contributed by atoms with Crippen molar-refractivity contribution in [3.05, 3.63) is 112 Å². The summed E-state index contributed by atoms with van der Waals surface area (Å²) in [4.78, 5) is 25.1. The summed E-state index contributed by atoms with van der Waals surface area (Å²) in [5.74, 6) is -1.45. The number of rotatable bonds is 5. The minimum absolute atomic E-state index is 0.0000263. The Kier molecular flexibility index (Phi) is 6.84. The Morgan fingerprint density at radius 1 is 0.914 bits per heavy atom. The zero-order valence-electron chi connectivity index (χ0n) is 17.8. The molecule has 9 heteroatoms. The van der Waals surface area contributed by atoms with Crippen molar-refractivity contribution in [1.82, 2.24) is 5.43 Å². The smallest absolute Gasteiger partial charge is 0.416 e. The van der Waals surface area contributed by atoms with Crippen LogP contribution in [0.15, 0.2) is 90.0 Å². The molecule has 0 aromatic heterocycles. The van der Waals surface area contributed by atoms with Gasteiger partial charge in [0.2, 0.25) is 0 Å². The van der Waals surface area contributed by atoms with Gasteiger partial charge in [-0.25, -0.2) is 10.2 Å². The second-order valence-electron chi connectivity index (χ2n) is 7.38. The predicted molar refractivity (Wildman–Crippen MR) is 127 cm³/mol. The highest BCUT2D eigenvalue weighted by Gasteiger charge is 2.31. The Bertz CT molecular complexity index is 1450. The first-order valence-electron chi connectivity index (χ1n) is 10.2. The number of nitrogens with one attached hydrogen (secondary N) is 1. The number of ether oxygens (including phenoxy) is 1. The molecule has 4 aromatic rings. The van der Waals surface area contributed by atoms with E-state index in [4.69, 9.17) is 16.3 Å². The molecule has 0 aliphatic rings. The molecule has 1 amide bonds. The number of alkyl halides is 3. The Hall–Kier alpha value is -4.17. The Labute approximate surface area is 202 Å². The molecule has 0 atom stereocenters. The molecule has 1 N–H and O–H groups in total. The first kappa shape index (κ1) is 24.0. The van der Waals surface area contributed by atoms with Crippen LogP contribution in [0, 0.1) is 0 Å². The molecule has 0 bridgehead atoms. The summed E-state index contributed by atoms with van der Waals surface area (Å²) in [6.07, 6.45) is -3.37. The molecule has 5 nitrogen and oxygen atoms in total. The van der Waals surface area contributed by atoms with Crippen LogP contribution in [-0.4, -0.2) is 18.1 Å². The van der Waals surface area contributed by atoms with Gasteiger partial charge in [0, 0.05) is 16.1 Å². The van der Waals surface area contributed by atoms with Crippen LogP contribution in [0.25, 0.3) is 10.8 Å². The van der Waals surface area contributed by atoms with Crippen LogP contribution >= 0.6 is 11.6 Å². The van der Waals surface area contributed by atoms with Gasteiger partial charge in [0.1, 0.15) is 5.75 Å². The highest BCUT2D eigenvalue weighted by Crippen LogP contribution is 2.30. The fourth-order valence-corrected chi connectivity index (χ4v) is 3.52. The highest BCUT2D eigenvalue weighted by atomic mass is 35.5. The highest BCUT2D eigenvalue weighted by molar-refractivity contribution is 6.31. The van der Waals surface area contributed by atoms with Crippen molar-refractivity contribution in [3.63, 3.8) is 0 Å². The average molecular weight is 497 g/mol. The minimum Gasteiger partial charge on any atom is -0.422 e. The molecule has 0 aliphatic heterocycles. The van der Waals surface area contributed by atoms with E-state index in [2.05, 4.69) is 10.5 Å². The van der Waals surface area contributed by atoms with Gasteiger partial charge in [0.25, 0.3) is 5.91 Å². The molecule has 0 aliphatic carbocycles. The first-order valence-corrected chi connectivity index (χ1v) is 10.6. The van der Waals surface area contributed by atoms with Crippen molar-refractivity contribution in [2.45, 2.75) is 6.18 Å². The van der Waals surface area contributed by atoms with Gasteiger partial charge in [-0.05, 0) is 53.2 Å². The third-order valence-electron chi connectivity index (χ3n) is 5.00. The van der Waals surface area contributed by atoms with Crippen molar-refractivity contribution >= 4 is 40.5 Å². The van der Waals surface area contributed by atoms with Crippen molar-refractivity contribution in [2.24, 2.45) is 5.10 Å². The zero-order chi connectivity index (χ0) is 25.0. The number of hydrazone groups is 1. The van der Waals surface area contributed by atoms with Crippen molar-refractivity contribution in [1.29, 1.82) is 0 Å². The fraction of sp³-hybridized carbons (Fsp3) is 0.0385. The first-order chi connectivity index (χ1) is 16.7. The lowest BCUT2D eigenvalue weighted by Crippen LogP contribution is -2.18. The Morgan fingerprint density at radius 3 is 2.46 bits per heavy atom. The quantitative estimate of drug-likeness (QED) is 0.148. The third-order valence-corrected chi connectivity index (χ3v) is 5.24. The van der Waals surface area contributed by atoms with E-state index in [0.29, 0.717) is 16.7 Å². The Balaban J connectivity index is 1.53. The summed E-state index contributed by atoms with van der Waals surface area (Å²) in [5, 5.41) is 5.87. The number of esters is 1. The molecular formula is C26H16ClF3N2O3. The normalized spacial score (nSPS) is 11.5. The number of carbonyl (C=O) groups excluding carboxylic acids is 2. The van der Waals surface area contributed by atoms with Gasteiger partial charge in [0.15, 0.2) is 0 Å². The standard InChI is InChI=1S/C26H16ClF3N2O3/c27-20-11-12-23(35-25(34)17-7-3-8-19(13-17)26(28,29)30)18(14-20)15-31-32-24(33)22-10-4-6-16-5-1-2-9-21(16)22/h1-15H,(H,32,33)/b31-15+. The number of halogens is 4. The number of hydrogen-bond acceptors (Lipinski definition) is 4. The summed E-state index contributed by atoms with van der Waals surface area (Å²) in [7, 11) is 0. The largest absolute Gasteiger partial charge is 0.422 e. The van der Waals surface area contributed by atoms with Crippen molar-refractivity contribution in [3.8, 4) is 5.75 Å². The molecule has 4 aromatic carbocycles. The van der Waals surface area contributed by atoms with Crippen LogP contribution in [-0.2, 0) is 6.18 Å². The lowest BCUT2D eigenvalue weighted by Gasteiger charge is -2.10. The van der Waals surface area contributed by atoms with Crippen LogP contribution in [0.2, 0.25) is 5.02 Å². The van der Waals surface area contributed by atoms with E-state index in [0.717, 1.165) is 22.9 Å². The van der Waals surface area contributed by atoms with Crippen LogP contribution in [0.5, 0.6) is 5.75 Å². The number of amides is 1. The SMILES string of the molecule is O=C(Oc1ccc(Cl)cc1/C=N/NC(=O)c1cccc2ccccc12)c1cccc(C(F)(F)F)c1. The molecule has 0 spiro atoms. The zero-order valence-corrected chi connectivity index (χ0v) is 18.6. The maximum Gasteiger partial charge on any atom is 0.416 e. The second-order valence-corrected chi connectivity index (χ2v) is 7.81. The molecular weight excluding hydrogens is 481 g/mol. The second kappa shape index (κ2) is 9.99. The summed E-state index contributed by atoms with van der Waals surface area (Å²) < 4.78 is 44.2. The third kappa shape index (κ3) is 5.67. The summed E-state index contributed by atoms with van der Waals surface area (Å²) in [5.41, 5.74) is 1.82. The molecule has 0 saturated heterocycles. The number of benzene rings is 4. The van der Waals surface area contributed by atoms with Gasteiger partial charge >= 0.3 is 12.1 Å². The lowest BCUT2D eigenvalue weighted by molar-refractivity contribution is -0.137. The van der Waals surface area contributed by atoms with Gasteiger partial charge in [0.05, 0.1) is 17.3 Å². The maximum absolute atomic E-state index is 13.0. The van der Waals surface area contributed by atoms with Crippen molar-refractivity contribution < 1.29 is 27.5 Å². The van der Waals surface area contributed by atoms with Crippen LogP contribution in [0.4, 0.5) is 13.2 Å². The van der Waals surface area contributed by atoms with Crippen molar-refractivity contribution in [2.75, 3.05) is 0 Å². The molecule has 4 rings (SSSR count). The van der Waals surface area contributed by atoms with Gasteiger partial charge in [-0.3, -0.25) is 4.79 Å². The predicted octanol–water partition coefficient (Wildman–Crippen LogP) is 6.50. The number of carbonyl (C=O) groups is 2. The molecule has 0 fully saturated rings. The molecule has 0 radical (unpaired) electrons. The van der Waals surface area contributed by atoms with E-state index in [1.807, 2.05) is 30.3 Å². The minimum atomic E-state index is -4.60. The molecule has 0 saturated carbocycles. The molecule has 0 unspecified atom stereocenters. The topological polar surface area (TPSA) is 67.8 Å². The average Bonchev–Trinajstić information content (AvgIpc) is 2.84. The van der Waals surface area contributed by atoms with Gasteiger partial charge in [-0.2, -0.15) is 18.3 Å². The van der Waals surface area contributed by atoms with Gasteiger partial charge < -0.3 is 4.74 Å². The van der Waals surface area contributed by atoms with Crippen LogP contribution in [0.3, 0.4) is 0 Å². The summed E-state index contributed by atoms with van der Waals surface area (Å²) >= 11 is 6.03. The van der Waals surface area contributed by atoms with E-state index >= 15 is 0 Å². The lowest BCUT2D eigenvalue weighted by atomic mass is 10.0. The molecule has 176 valence electrons. The number of nitrogens with zero attached hydrogens (tertiary/aromatic N) is 1. The summed E-state index contributed by atoms with van der Waals surface area (Å²) in [6.45, 7) is 0. The summed E-state index contributed by atoms with van der Waals surface area (Å²) in [6, 6.07) is 20.8. The molecule has 35 heavy (non-hydrogen) atoms. The maximum atomic E-state index is 13.0. The van der Waals surface area contributed by atoms with Crippen LogP contribution < -0.4 is 10.2 Å². The van der Waals surface area contributed by atoms with E-state index in [9.17, 15) is 22.8 Å². The monoisotopic (exact) mass is 496 g/mol. The van der Waals surface area contributed by atoms with Gasteiger partial charge in [-0.15, -0.1) is 0 Å². The van der Waals surface area contributed by atoms with Crippen LogP contribution in [0.1, 0.15) is 31.8 Å². The van der Waals surface area contributed by atoms with E-state index in [1.54, 1.807) is 12.1 Å². The Morgan fingerprint density at radius 2 is 1.66 bits per heavy atom. The fourth-order valence-electron chi connectivity index (χ4n) is 3.34. The van der Waals surface area contributed by atoms with E-state index < -0.39 is 23.6 Å². The van der Waals surface area contributed by atoms with E-state index in [1.165, 1.54) is 30.5 Å². The van der Waals surface area contributed by atoms with E-state index in [-0.39, 0.29) is 16.9 Å².